The molecule has 1 fully saturated rings. The van der Waals surface area contributed by atoms with Crippen LogP contribution in [0.3, 0.4) is 0 Å². The predicted molar refractivity (Wildman–Crippen MR) is 119 cm³/mol. The van der Waals surface area contributed by atoms with Crippen molar-refractivity contribution in [1.29, 1.82) is 0 Å². The van der Waals surface area contributed by atoms with E-state index >= 15 is 0 Å². The number of anilines is 1. The molecule has 1 aliphatic heterocycles. The molecule has 0 aliphatic carbocycles. The van der Waals surface area contributed by atoms with Crippen LogP contribution in [0.2, 0.25) is 0 Å². The van der Waals surface area contributed by atoms with Crippen molar-refractivity contribution in [2.45, 2.75) is 18.9 Å². The van der Waals surface area contributed by atoms with Gasteiger partial charge in [-0.25, -0.2) is 9.69 Å². The zero-order valence-corrected chi connectivity index (χ0v) is 18.3. The smallest absolute Gasteiger partial charge is 0.328 e. The third kappa shape index (κ3) is 5.57. The van der Waals surface area contributed by atoms with Crippen molar-refractivity contribution in [2.24, 2.45) is 0 Å². The topological polar surface area (TPSA) is 113 Å². The Hall–Kier alpha value is -4.14. The summed E-state index contributed by atoms with van der Waals surface area (Å²) in [7, 11) is 3.07. The molecule has 9 nitrogen and oxygen atoms in total. The molecule has 2 aromatic rings. The van der Waals surface area contributed by atoms with Gasteiger partial charge in [0, 0.05) is 18.7 Å². The Morgan fingerprint density at radius 2 is 1.58 bits per heavy atom. The van der Waals surface area contributed by atoms with Gasteiger partial charge in [0.15, 0.2) is 0 Å². The van der Waals surface area contributed by atoms with Gasteiger partial charge in [-0.2, -0.15) is 0 Å². The number of carboxylic acid groups (broad SMARTS) is 1. The summed E-state index contributed by atoms with van der Waals surface area (Å²) < 4.78 is 10.2. The number of carbonyl (C=O) groups is 4. The zero-order chi connectivity index (χ0) is 24.0. The molecule has 33 heavy (non-hydrogen) atoms. The van der Waals surface area contributed by atoms with Gasteiger partial charge < -0.3 is 19.5 Å². The van der Waals surface area contributed by atoms with Crippen molar-refractivity contribution in [1.82, 2.24) is 4.90 Å². The summed E-state index contributed by atoms with van der Waals surface area (Å²) in [5.74, 6) is -1.68. The zero-order valence-electron chi connectivity index (χ0n) is 18.3. The molecule has 2 aromatic carbocycles. The summed E-state index contributed by atoms with van der Waals surface area (Å²) in [4.78, 5) is 51.8. The minimum absolute atomic E-state index is 0.120. The number of nitrogens with zero attached hydrogens (tertiary/aromatic N) is 2. The van der Waals surface area contributed by atoms with Gasteiger partial charge in [0.25, 0.3) is 5.91 Å². The van der Waals surface area contributed by atoms with Gasteiger partial charge in [0.05, 0.1) is 26.3 Å². The third-order valence-electron chi connectivity index (χ3n) is 5.28. The highest BCUT2D eigenvalue weighted by atomic mass is 16.5. The lowest BCUT2D eigenvalue weighted by Crippen LogP contribution is -2.45. The molecule has 0 radical (unpaired) electrons. The molecule has 0 bridgehead atoms. The number of aliphatic carboxylic acids is 1. The molecule has 0 spiro atoms. The van der Waals surface area contributed by atoms with Crippen molar-refractivity contribution in [2.75, 3.05) is 25.7 Å². The minimum atomic E-state index is -1.29. The minimum Gasteiger partial charge on any atom is -0.497 e. The lowest BCUT2D eigenvalue weighted by atomic mass is 10.1. The Morgan fingerprint density at radius 3 is 2.12 bits per heavy atom. The van der Waals surface area contributed by atoms with Crippen LogP contribution in [-0.2, 0) is 25.6 Å². The molecule has 3 rings (SSSR count). The first-order valence-electron chi connectivity index (χ1n) is 10.2. The fourth-order valence-corrected chi connectivity index (χ4v) is 3.56. The average Bonchev–Trinajstić information content (AvgIpc) is 3.11. The van der Waals surface area contributed by atoms with Crippen LogP contribution in [0.5, 0.6) is 11.5 Å². The Morgan fingerprint density at radius 1 is 1.00 bits per heavy atom. The predicted octanol–water partition coefficient (Wildman–Crippen LogP) is 2.05. The molecule has 1 aliphatic rings. The first-order valence-corrected chi connectivity index (χ1v) is 10.2. The van der Waals surface area contributed by atoms with Gasteiger partial charge in [-0.15, -0.1) is 0 Å². The van der Waals surface area contributed by atoms with Crippen LogP contribution in [0.4, 0.5) is 5.69 Å². The van der Waals surface area contributed by atoms with Crippen molar-refractivity contribution in [3.63, 3.8) is 0 Å². The Balaban J connectivity index is 1.83. The highest BCUT2D eigenvalue weighted by Crippen LogP contribution is 2.28. The van der Waals surface area contributed by atoms with E-state index in [2.05, 4.69) is 0 Å². The summed E-state index contributed by atoms with van der Waals surface area (Å²) in [6.07, 6.45) is 1.81. The van der Waals surface area contributed by atoms with Gasteiger partial charge in [0.1, 0.15) is 17.5 Å². The molecular formula is C24H24N2O7. The number of carbonyl (C=O) groups excluding carboxylic acids is 3. The second kappa shape index (κ2) is 10.4. The summed E-state index contributed by atoms with van der Waals surface area (Å²) in [5, 5.41) is 8.89. The van der Waals surface area contributed by atoms with Crippen molar-refractivity contribution in [3.8, 4) is 11.5 Å². The van der Waals surface area contributed by atoms with Crippen LogP contribution < -0.4 is 14.4 Å². The summed E-state index contributed by atoms with van der Waals surface area (Å²) in [6.45, 7) is 0.120. The quantitative estimate of drug-likeness (QED) is 0.458. The Labute approximate surface area is 190 Å². The molecule has 1 unspecified atom stereocenters. The van der Waals surface area contributed by atoms with E-state index in [0.717, 1.165) is 16.5 Å². The number of benzene rings is 2. The number of rotatable bonds is 9. The van der Waals surface area contributed by atoms with Crippen LogP contribution in [0.1, 0.15) is 12.0 Å². The number of hydrogen-bond acceptors (Lipinski definition) is 6. The average molecular weight is 452 g/mol. The number of ether oxygens (including phenoxy) is 2. The summed E-state index contributed by atoms with van der Waals surface area (Å²) in [6, 6.07) is 12.6. The van der Waals surface area contributed by atoms with Crippen LogP contribution in [-0.4, -0.2) is 60.5 Å². The van der Waals surface area contributed by atoms with Crippen LogP contribution in [0, 0.1) is 0 Å². The third-order valence-corrected chi connectivity index (χ3v) is 5.28. The van der Waals surface area contributed by atoms with Crippen molar-refractivity contribution < 1.29 is 33.8 Å². The van der Waals surface area contributed by atoms with Crippen LogP contribution in [0.15, 0.2) is 60.7 Å². The molecule has 172 valence electrons. The number of methoxy groups -OCH3 is 2. The standard InChI is InChI=1S/C24H24N2O7/c1-32-18-7-3-16(4-8-18)13-14-25(21(27)11-12-23(29)30)20-15-22(28)26(24(20)31)17-5-9-19(33-2)10-6-17/h3-12,20H,13-15H2,1-2H3,(H,29,30)/b12-11+. The second-order valence-corrected chi connectivity index (χ2v) is 7.29. The highest BCUT2D eigenvalue weighted by molar-refractivity contribution is 6.23. The van der Waals surface area contributed by atoms with Crippen molar-refractivity contribution >= 4 is 29.4 Å². The van der Waals surface area contributed by atoms with E-state index in [-0.39, 0.29) is 13.0 Å². The van der Waals surface area contributed by atoms with E-state index in [4.69, 9.17) is 14.6 Å². The van der Waals surface area contributed by atoms with Crippen LogP contribution >= 0.6 is 0 Å². The molecule has 0 saturated carbocycles. The van der Waals surface area contributed by atoms with Crippen LogP contribution in [0.25, 0.3) is 0 Å². The maximum absolute atomic E-state index is 13.2. The lowest BCUT2D eigenvalue weighted by molar-refractivity contribution is -0.135. The number of carboxylic acids is 1. The second-order valence-electron chi connectivity index (χ2n) is 7.29. The molecule has 1 atom stereocenters. The van der Waals surface area contributed by atoms with Gasteiger partial charge in [0.2, 0.25) is 11.8 Å². The highest BCUT2D eigenvalue weighted by Gasteiger charge is 2.43. The first kappa shape index (κ1) is 23.5. The summed E-state index contributed by atoms with van der Waals surface area (Å²) >= 11 is 0. The van der Waals surface area contributed by atoms with Gasteiger partial charge in [-0.05, 0) is 48.4 Å². The van der Waals surface area contributed by atoms with E-state index in [1.54, 1.807) is 43.5 Å². The lowest BCUT2D eigenvalue weighted by Gasteiger charge is -2.26. The van der Waals surface area contributed by atoms with Gasteiger partial charge in [-0.1, -0.05) is 12.1 Å². The summed E-state index contributed by atoms with van der Waals surface area (Å²) in [5.41, 5.74) is 1.26. The molecular weight excluding hydrogens is 428 g/mol. The molecule has 3 amide bonds. The number of amides is 3. The van der Waals surface area contributed by atoms with Crippen molar-refractivity contribution in [3.05, 3.63) is 66.2 Å². The van der Waals surface area contributed by atoms with E-state index in [0.29, 0.717) is 29.7 Å². The molecule has 9 heteroatoms. The number of imide groups is 1. The van der Waals surface area contributed by atoms with E-state index in [1.165, 1.54) is 12.0 Å². The van der Waals surface area contributed by atoms with Gasteiger partial charge >= 0.3 is 5.97 Å². The molecule has 1 heterocycles. The normalized spacial score (nSPS) is 15.7. The maximum Gasteiger partial charge on any atom is 0.328 e. The molecule has 0 aromatic heterocycles. The Kier molecular flexibility index (Phi) is 7.45. The molecule has 1 saturated heterocycles. The SMILES string of the molecule is COc1ccc(CCN(C(=O)/C=C/C(=O)O)C2CC(=O)N(c3ccc(OC)cc3)C2=O)cc1. The Bertz CT molecular complexity index is 1060. The monoisotopic (exact) mass is 452 g/mol. The maximum atomic E-state index is 13.2. The first-order chi connectivity index (χ1) is 15.8. The fraction of sp³-hybridized carbons (Fsp3) is 0.250. The largest absolute Gasteiger partial charge is 0.497 e. The molecule has 1 N–H and O–H groups in total. The fourth-order valence-electron chi connectivity index (χ4n) is 3.56. The number of hydrogen-bond donors (Lipinski definition) is 1. The van der Waals surface area contributed by atoms with Gasteiger partial charge in [-0.3, -0.25) is 14.4 Å². The van der Waals surface area contributed by atoms with E-state index in [9.17, 15) is 19.2 Å². The van der Waals surface area contributed by atoms with E-state index < -0.39 is 29.7 Å². The van der Waals surface area contributed by atoms with E-state index in [1.807, 2.05) is 12.1 Å².